The minimum atomic E-state index is 0.552. The second kappa shape index (κ2) is 4.98. The van der Waals surface area contributed by atoms with Crippen LogP contribution in [0.5, 0.6) is 0 Å². The Morgan fingerprint density at radius 3 is 2.81 bits per heavy atom. The second-order valence-corrected chi connectivity index (χ2v) is 4.39. The van der Waals surface area contributed by atoms with Gasteiger partial charge in [-0.25, -0.2) is 4.98 Å². The maximum Gasteiger partial charge on any atom is 0.146 e. The Morgan fingerprint density at radius 1 is 1.38 bits per heavy atom. The van der Waals surface area contributed by atoms with E-state index in [2.05, 4.69) is 23.0 Å². The summed E-state index contributed by atoms with van der Waals surface area (Å²) in [6.45, 7) is 0. The van der Waals surface area contributed by atoms with E-state index in [9.17, 15) is 0 Å². The maximum atomic E-state index is 9.05. The van der Waals surface area contributed by atoms with Crippen molar-refractivity contribution in [2.24, 2.45) is 0 Å². The molecule has 1 aliphatic carbocycles. The molecule has 1 aromatic heterocycles. The Morgan fingerprint density at radius 2 is 2.12 bits per heavy atom. The molecule has 0 unspecified atom stereocenters. The molecule has 1 aromatic rings. The molecule has 1 aliphatic rings. The smallest absolute Gasteiger partial charge is 0.146 e. The van der Waals surface area contributed by atoms with Gasteiger partial charge in [0.05, 0.1) is 5.56 Å². The van der Waals surface area contributed by atoms with Crippen molar-refractivity contribution in [3.63, 3.8) is 0 Å². The van der Waals surface area contributed by atoms with Crippen LogP contribution in [0.25, 0.3) is 0 Å². The van der Waals surface area contributed by atoms with E-state index < -0.39 is 0 Å². The number of nitrogens with zero attached hydrogens (tertiary/aromatic N) is 3. The molecule has 1 heterocycles. The SMILES string of the molecule is CN(c1ncccc1C#N)C1CCCCC1. The predicted octanol–water partition coefficient (Wildman–Crippen LogP) is 2.72. The fourth-order valence-electron chi connectivity index (χ4n) is 2.41. The highest BCUT2D eigenvalue weighted by molar-refractivity contribution is 5.53. The summed E-state index contributed by atoms with van der Waals surface area (Å²) in [6, 6.07) is 6.41. The fraction of sp³-hybridized carbons (Fsp3) is 0.538. The Bertz CT molecular complexity index is 388. The molecule has 0 aliphatic heterocycles. The lowest BCUT2D eigenvalue weighted by Crippen LogP contribution is -2.34. The third-order valence-corrected chi connectivity index (χ3v) is 3.36. The van der Waals surface area contributed by atoms with Gasteiger partial charge in [-0.1, -0.05) is 19.3 Å². The summed E-state index contributed by atoms with van der Waals surface area (Å²) >= 11 is 0. The van der Waals surface area contributed by atoms with Crippen LogP contribution in [-0.2, 0) is 0 Å². The predicted molar refractivity (Wildman–Crippen MR) is 64.2 cm³/mol. The van der Waals surface area contributed by atoms with Gasteiger partial charge in [0.2, 0.25) is 0 Å². The lowest BCUT2D eigenvalue weighted by molar-refractivity contribution is 0.426. The first-order valence-electron chi connectivity index (χ1n) is 5.91. The van der Waals surface area contributed by atoms with Crippen LogP contribution < -0.4 is 4.90 Å². The molecular formula is C13H17N3. The van der Waals surface area contributed by atoms with E-state index in [0.717, 1.165) is 5.82 Å². The molecule has 0 radical (unpaired) electrons. The van der Waals surface area contributed by atoms with Gasteiger partial charge in [0.1, 0.15) is 11.9 Å². The van der Waals surface area contributed by atoms with Crippen molar-refractivity contribution in [2.45, 2.75) is 38.1 Å². The molecule has 84 valence electrons. The molecule has 16 heavy (non-hydrogen) atoms. The Kier molecular flexibility index (Phi) is 3.40. The zero-order chi connectivity index (χ0) is 11.4. The van der Waals surface area contributed by atoms with Crippen LogP contribution in [0.2, 0.25) is 0 Å². The van der Waals surface area contributed by atoms with Gasteiger partial charge in [-0.05, 0) is 25.0 Å². The molecule has 0 aromatic carbocycles. The highest BCUT2D eigenvalue weighted by Gasteiger charge is 2.20. The summed E-state index contributed by atoms with van der Waals surface area (Å²) in [5.41, 5.74) is 0.676. The van der Waals surface area contributed by atoms with Crippen molar-refractivity contribution in [3.05, 3.63) is 23.9 Å². The van der Waals surface area contributed by atoms with Crippen molar-refractivity contribution in [3.8, 4) is 6.07 Å². The Balaban J connectivity index is 2.19. The molecule has 3 nitrogen and oxygen atoms in total. The minimum Gasteiger partial charge on any atom is -0.356 e. The van der Waals surface area contributed by atoms with Crippen LogP contribution in [0.1, 0.15) is 37.7 Å². The van der Waals surface area contributed by atoms with Gasteiger partial charge >= 0.3 is 0 Å². The molecule has 3 heteroatoms. The van der Waals surface area contributed by atoms with Crippen molar-refractivity contribution in [1.82, 2.24) is 4.98 Å². The van der Waals surface area contributed by atoms with Crippen molar-refractivity contribution >= 4 is 5.82 Å². The summed E-state index contributed by atoms with van der Waals surface area (Å²) in [5.74, 6) is 0.830. The van der Waals surface area contributed by atoms with E-state index in [0.29, 0.717) is 11.6 Å². The molecular weight excluding hydrogens is 198 g/mol. The third kappa shape index (κ3) is 2.16. The first-order chi connectivity index (χ1) is 7.83. The fourth-order valence-corrected chi connectivity index (χ4v) is 2.41. The van der Waals surface area contributed by atoms with E-state index >= 15 is 0 Å². The van der Waals surface area contributed by atoms with Gasteiger partial charge in [0, 0.05) is 19.3 Å². The Labute approximate surface area is 96.7 Å². The van der Waals surface area contributed by atoms with Crippen molar-refractivity contribution in [1.29, 1.82) is 5.26 Å². The Hall–Kier alpha value is -1.56. The third-order valence-electron chi connectivity index (χ3n) is 3.36. The zero-order valence-electron chi connectivity index (χ0n) is 9.69. The normalized spacial score (nSPS) is 16.8. The standard InChI is InChI=1S/C13H17N3/c1-16(12-7-3-2-4-8-12)13-11(10-14)6-5-9-15-13/h5-6,9,12H,2-4,7-8H2,1H3. The van der Waals surface area contributed by atoms with E-state index in [1.165, 1.54) is 32.1 Å². The van der Waals surface area contributed by atoms with E-state index in [1.54, 1.807) is 6.20 Å². The number of nitriles is 1. The molecule has 0 spiro atoms. The average molecular weight is 215 g/mol. The van der Waals surface area contributed by atoms with E-state index in [4.69, 9.17) is 5.26 Å². The molecule has 1 saturated carbocycles. The monoisotopic (exact) mass is 215 g/mol. The summed E-state index contributed by atoms with van der Waals surface area (Å²) in [7, 11) is 2.05. The molecule has 0 atom stereocenters. The highest BCUT2D eigenvalue weighted by atomic mass is 15.2. The topological polar surface area (TPSA) is 39.9 Å². The van der Waals surface area contributed by atoms with Crippen LogP contribution in [0.15, 0.2) is 18.3 Å². The van der Waals surface area contributed by atoms with Crippen molar-refractivity contribution < 1.29 is 0 Å². The lowest BCUT2D eigenvalue weighted by Gasteiger charge is -2.32. The lowest BCUT2D eigenvalue weighted by atomic mass is 9.94. The van der Waals surface area contributed by atoms with Crippen LogP contribution >= 0.6 is 0 Å². The first-order valence-corrected chi connectivity index (χ1v) is 5.91. The van der Waals surface area contributed by atoms with Gasteiger partial charge < -0.3 is 4.90 Å². The molecule has 2 rings (SSSR count). The number of hydrogen-bond acceptors (Lipinski definition) is 3. The number of aromatic nitrogens is 1. The van der Waals surface area contributed by atoms with Gasteiger partial charge in [-0.2, -0.15) is 5.26 Å². The van der Waals surface area contributed by atoms with Gasteiger partial charge in [0.15, 0.2) is 0 Å². The van der Waals surface area contributed by atoms with Crippen molar-refractivity contribution in [2.75, 3.05) is 11.9 Å². The molecule has 0 bridgehead atoms. The number of hydrogen-bond donors (Lipinski definition) is 0. The van der Waals surface area contributed by atoms with E-state index in [1.807, 2.05) is 12.1 Å². The summed E-state index contributed by atoms with van der Waals surface area (Å²) in [5, 5.41) is 9.05. The largest absolute Gasteiger partial charge is 0.356 e. The quantitative estimate of drug-likeness (QED) is 0.761. The van der Waals surface area contributed by atoms with E-state index in [-0.39, 0.29) is 0 Å². The molecule has 0 saturated heterocycles. The van der Waals surface area contributed by atoms with Gasteiger partial charge in [-0.3, -0.25) is 0 Å². The maximum absolute atomic E-state index is 9.05. The second-order valence-electron chi connectivity index (χ2n) is 4.39. The number of pyridine rings is 1. The zero-order valence-corrected chi connectivity index (χ0v) is 9.69. The van der Waals surface area contributed by atoms with Crippen LogP contribution in [0.4, 0.5) is 5.82 Å². The summed E-state index contributed by atoms with van der Waals surface area (Å²) < 4.78 is 0. The number of anilines is 1. The summed E-state index contributed by atoms with van der Waals surface area (Å²) in [6.07, 6.45) is 8.14. The summed E-state index contributed by atoms with van der Waals surface area (Å²) in [4.78, 5) is 6.51. The van der Waals surface area contributed by atoms with Gasteiger partial charge in [0.25, 0.3) is 0 Å². The highest BCUT2D eigenvalue weighted by Crippen LogP contribution is 2.26. The molecule has 0 N–H and O–H groups in total. The number of rotatable bonds is 2. The van der Waals surface area contributed by atoms with Crippen LogP contribution in [0.3, 0.4) is 0 Å². The molecule has 1 fully saturated rings. The van der Waals surface area contributed by atoms with Crippen LogP contribution in [0, 0.1) is 11.3 Å². The van der Waals surface area contributed by atoms with Crippen LogP contribution in [-0.4, -0.2) is 18.1 Å². The minimum absolute atomic E-state index is 0.552. The first kappa shape index (κ1) is 10.9. The average Bonchev–Trinajstić information content (AvgIpc) is 2.39. The molecule has 0 amide bonds. The van der Waals surface area contributed by atoms with Gasteiger partial charge in [-0.15, -0.1) is 0 Å².